The summed E-state index contributed by atoms with van der Waals surface area (Å²) in [7, 11) is 0. The molecule has 108 valence electrons. The van der Waals surface area contributed by atoms with Crippen LogP contribution in [0.4, 0.5) is 4.79 Å². The van der Waals surface area contributed by atoms with Gasteiger partial charge in [-0.1, -0.05) is 23.7 Å². The van der Waals surface area contributed by atoms with Crippen molar-refractivity contribution >= 4 is 23.6 Å². The standard InChI is InChI=1S/C13H15ClN2O4/c14-9-3-1-8(2-4-9)6-15-13(20)16-7-10(17)5-11(16)12(18)19/h1-4,10-11,17H,5-7H2,(H,15,20)(H,18,19)/t10?,11-/m0/s1. The average Bonchev–Trinajstić information content (AvgIpc) is 2.80. The van der Waals surface area contributed by atoms with Crippen molar-refractivity contribution in [2.45, 2.75) is 25.1 Å². The van der Waals surface area contributed by atoms with Gasteiger partial charge in [-0.3, -0.25) is 0 Å². The number of likely N-dealkylation sites (tertiary alicyclic amines) is 1. The van der Waals surface area contributed by atoms with Gasteiger partial charge in [0.05, 0.1) is 6.10 Å². The summed E-state index contributed by atoms with van der Waals surface area (Å²) < 4.78 is 0. The predicted octanol–water partition coefficient (Wildman–Crippen LogP) is 1.07. The normalized spacial score (nSPS) is 21.8. The lowest BCUT2D eigenvalue weighted by Crippen LogP contribution is -2.45. The van der Waals surface area contributed by atoms with Crippen molar-refractivity contribution in [2.24, 2.45) is 0 Å². The number of carbonyl (C=O) groups is 2. The Morgan fingerprint density at radius 3 is 2.60 bits per heavy atom. The molecule has 1 aromatic carbocycles. The van der Waals surface area contributed by atoms with E-state index < -0.39 is 24.1 Å². The van der Waals surface area contributed by atoms with E-state index in [1.807, 2.05) is 0 Å². The van der Waals surface area contributed by atoms with Gasteiger partial charge in [0.25, 0.3) is 0 Å². The zero-order chi connectivity index (χ0) is 14.7. The van der Waals surface area contributed by atoms with E-state index in [1.54, 1.807) is 24.3 Å². The van der Waals surface area contributed by atoms with Crippen molar-refractivity contribution < 1.29 is 19.8 Å². The highest BCUT2D eigenvalue weighted by atomic mass is 35.5. The molecule has 0 spiro atoms. The van der Waals surface area contributed by atoms with Crippen LogP contribution >= 0.6 is 11.6 Å². The minimum atomic E-state index is -1.11. The molecule has 2 amide bonds. The first-order chi connectivity index (χ1) is 9.47. The van der Waals surface area contributed by atoms with E-state index in [1.165, 1.54) is 0 Å². The second-order valence-electron chi connectivity index (χ2n) is 4.68. The number of carboxylic acids is 1. The Morgan fingerprint density at radius 1 is 1.35 bits per heavy atom. The first kappa shape index (κ1) is 14.6. The number of urea groups is 1. The van der Waals surface area contributed by atoms with Crippen molar-refractivity contribution in [2.75, 3.05) is 6.54 Å². The topological polar surface area (TPSA) is 89.9 Å². The quantitative estimate of drug-likeness (QED) is 0.778. The summed E-state index contributed by atoms with van der Waals surface area (Å²) in [5.41, 5.74) is 0.856. The molecule has 20 heavy (non-hydrogen) atoms. The molecular formula is C13H15ClN2O4. The minimum absolute atomic E-state index is 0.0312. The Hall–Kier alpha value is -1.79. The van der Waals surface area contributed by atoms with E-state index in [9.17, 15) is 14.7 Å². The van der Waals surface area contributed by atoms with Gasteiger partial charge in [-0.15, -0.1) is 0 Å². The maximum atomic E-state index is 12.0. The number of amides is 2. The molecule has 0 radical (unpaired) electrons. The van der Waals surface area contributed by atoms with E-state index >= 15 is 0 Å². The van der Waals surface area contributed by atoms with Gasteiger partial charge >= 0.3 is 12.0 Å². The number of nitrogens with zero attached hydrogens (tertiary/aromatic N) is 1. The Morgan fingerprint density at radius 2 is 2.00 bits per heavy atom. The van der Waals surface area contributed by atoms with Gasteiger partial charge in [-0.2, -0.15) is 0 Å². The maximum Gasteiger partial charge on any atom is 0.326 e. The summed E-state index contributed by atoms with van der Waals surface area (Å²) in [6, 6.07) is 5.50. The molecule has 0 aliphatic carbocycles. The van der Waals surface area contributed by atoms with Crippen LogP contribution in [0.15, 0.2) is 24.3 Å². The third kappa shape index (κ3) is 3.40. The van der Waals surface area contributed by atoms with Crippen LogP contribution in [0.5, 0.6) is 0 Å². The molecular weight excluding hydrogens is 284 g/mol. The molecule has 1 saturated heterocycles. The summed E-state index contributed by atoms with van der Waals surface area (Å²) in [6.07, 6.45) is -0.735. The van der Waals surface area contributed by atoms with Crippen LogP contribution in [0.1, 0.15) is 12.0 Å². The van der Waals surface area contributed by atoms with Crippen molar-refractivity contribution in [3.8, 4) is 0 Å². The zero-order valence-electron chi connectivity index (χ0n) is 10.6. The van der Waals surface area contributed by atoms with Crippen LogP contribution in [0.25, 0.3) is 0 Å². The summed E-state index contributed by atoms with van der Waals surface area (Å²) >= 11 is 5.76. The van der Waals surface area contributed by atoms with Crippen LogP contribution in [-0.2, 0) is 11.3 Å². The zero-order valence-corrected chi connectivity index (χ0v) is 11.4. The van der Waals surface area contributed by atoms with Crippen LogP contribution in [-0.4, -0.2) is 45.8 Å². The number of carbonyl (C=O) groups excluding carboxylic acids is 1. The number of hydrogen-bond acceptors (Lipinski definition) is 3. The van der Waals surface area contributed by atoms with Gasteiger partial charge in [0, 0.05) is 24.5 Å². The molecule has 1 fully saturated rings. The lowest BCUT2D eigenvalue weighted by molar-refractivity contribution is -0.141. The third-order valence-corrected chi connectivity index (χ3v) is 3.43. The maximum absolute atomic E-state index is 12.0. The molecule has 0 saturated carbocycles. The van der Waals surface area contributed by atoms with Gasteiger partial charge in [0.2, 0.25) is 0 Å². The second-order valence-corrected chi connectivity index (χ2v) is 5.12. The number of aliphatic hydroxyl groups is 1. The number of halogens is 1. The molecule has 2 rings (SSSR count). The monoisotopic (exact) mass is 298 g/mol. The molecule has 1 aromatic rings. The molecule has 0 bridgehead atoms. The van der Waals surface area contributed by atoms with Crippen molar-refractivity contribution in [3.63, 3.8) is 0 Å². The molecule has 7 heteroatoms. The lowest BCUT2D eigenvalue weighted by Gasteiger charge is -2.21. The Balaban J connectivity index is 1.94. The molecule has 6 nitrogen and oxygen atoms in total. The smallest absolute Gasteiger partial charge is 0.326 e. The van der Waals surface area contributed by atoms with Gasteiger partial charge < -0.3 is 20.4 Å². The molecule has 0 aromatic heterocycles. The van der Waals surface area contributed by atoms with Crippen LogP contribution in [0.3, 0.4) is 0 Å². The Bertz CT molecular complexity index is 506. The number of hydrogen-bond donors (Lipinski definition) is 3. The number of nitrogens with one attached hydrogen (secondary N) is 1. The number of benzene rings is 1. The number of aliphatic carboxylic acids is 1. The lowest BCUT2D eigenvalue weighted by atomic mass is 10.2. The Labute approximate surface area is 121 Å². The van der Waals surface area contributed by atoms with E-state index in [0.29, 0.717) is 5.02 Å². The molecule has 1 aliphatic rings. The summed E-state index contributed by atoms with van der Waals surface area (Å²) in [4.78, 5) is 24.1. The third-order valence-electron chi connectivity index (χ3n) is 3.18. The second kappa shape index (κ2) is 6.11. The molecule has 1 heterocycles. The highest BCUT2D eigenvalue weighted by Gasteiger charge is 2.38. The molecule has 3 N–H and O–H groups in total. The van der Waals surface area contributed by atoms with Gasteiger partial charge in [0.15, 0.2) is 0 Å². The van der Waals surface area contributed by atoms with Gasteiger partial charge in [-0.05, 0) is 17.7 Å². The minimum Gasteiger partial charge on any atom is -0.480 e. The number of β-amino-alcohol motifs (C(OH)–C–C–N with tert-alkyl or cyclic N) is 1. The van der Waals surface area contributed by atoms with Crippen molar-refractivity contribution in [1.29, 1.82) is 0 Å². The molecule has 1 aliphatic heterocycles. The van der Waals surface area contributed by atoms with Crippen LogP contribution < -0.4 is 5.32 Å². The average molecular weight is 299 g/mol. The fourth-order valence-electron chi connectivity index (χ4n) is 2.15. The van der Waals surface area contributed by atoms with E-state index in [2.05, 4.69) is 5.32 Å². The van der Waals surface area contributed by atoms with Crippen molar-refractivity contribution in [3.05, 3.63) is 34.9 Å². The number of carboxylic acid groups (broad SMARTS) is 1. The number of aliphatic hydroxyl groups excluding tert-OH is 1. The Kier molecular flexibility index (Phi) is 4.46. The first-order valence-electron chi connectivity index (χ1n) is 6.17. The fourth-order valence-corrected chi connectivity index (χ4v) is 2.28. The van der Waals surface area contributed by atoms with E-state index in [0.717, 1.165) is 10.5 Å². The van der Waals surface area contributed by atoms with Crippen molar-refractivity contribution in [1.82, 2.24) is 10.2 Å². The largest absolute Gasteiger partial charge is 0.480 e. The van der Waals surface area contributed by atoms with Gasteiger partial charge in [-0.25, -0.2) is 9.59 Å². The fraction of sp³-hybridized carbons (Fsp3) is 0.385. The molecule has 2 atom stereocenters. The predicted molar refractivity (Wildman–Crippen MR) is 72.4 cm³/mol. The highest BCUT2D eigenvalue weighted by Crippen LogP contribution is 2.18. The molecule has 1 unspecified atom stereocenters. The summed E-state index contributed by atoms with van der Waals surface area (Å²) in [5, 5.41) is 21.7. The summed E-state index contributed by atoms with van der Waals surface area (Å²) in [6.45, 7) is 0.304. The SMILES string of the molecule is O=C(O)[C@@H]1CC(O)CN1C(=O)NCc1ccc(Cl)cc1. The first-order valence-corrected chi connectivity index (χ1v) is 6.55. The van der Waals surface area contributed by atoms with Gasteiger partial charge in [0.1, 0.15) is 6.04 Å². The van der Waals surface area contributed by atoms with E-state index in [-0.39, 0.29) is 19.5 Å². The summed E-state index contributed by atoms with van der Waals surface area (Å²) in [5.74, 6) is -1.11. The van der Waals surface area contributed by atoms with E-state index in [4.69, 9.17) is 16.7 Å². The van der Waals surface area contributed by atoms with Crippen LogP contribution in [0, 0.1) is 0 Å². The van der Waals surface area contributed by atoms with Crippen LogP contribution in [0.2, 0.25) is 5.02 Å². The number of rotatable bonds is 3. The highest BCUT2D eigenvalue weighted by molar-refractivity contribution is 6.30.